The van der Waals surface area contributed by atoms with Crippen LogP contribution in [-0.2, 0) is 21.3 Å². The van der Waals surface area contributed by atoms with Crippen molar-refractivity contribution >= 4 is 34.0 Å². The van der Waals surface area contributed by atoms with Crippen LogP contribution in [0.4, 0.5) is 5.69 Å². The molecule has 0 bridgehead atoms. The van der Waals surface area contributed by atoms with Crippen LogP contribution in [0.3, 0.4) is 0 Å². The summed E-state index contributed by atoms with van der Waals surface area (Å²) in [5.41, 5.74) is 1.52. The Labute approximate surface area is 143 Å². The molecule has 0 spiro atoms. The molecule has 0 saturated carbocycles. The van der Waals surface area contributed by atoms with Gasteiger partial charge in [-0.05, 0) is 30.3 Å². The van der Waals surface area contributed by atoms with Gasteiger partial charge in [0.05, 0.1) is 12.9 Å². The molecule has 1 atom stereocenters. The van der Waals surface area contributed by atoms with Crippen LogP contribution in [-0.4, -0.2) is 23.0 Å². The first-order chi connectivity index (χ1) is 11.1. The molecule has 1 N–H and O–H groups in total. The first-order valence-electron chi connectivity index (χ1n) is 7.11. The van der Waals surface area contributed by atoms with Crippen molar-refractivity contribution in [3.63, 3.8) is 0 Å². The van der Waals surface area contributed by atoms with Crippen LogP contribution in [0, 0.1) is 0 Å². The summed E-state index contributed by atoms with van der Waals surface area (Å²) in [5.74, 6) is 1.09. The predicted octanol–water partition coefficient (Wildman–Crippen LogP) is 3.63. The highest BCUT2D eigenvalue weighted by molar-refractivity contribution is 7.84. The minimum Gasteiger partial charge on any atom is -0.496 e. The summed E-state index contributed by atoms with van der Waals surface area (Å²) in [5, 5.41) is 3.34. The van der Waals surface area contributed by atoms with Crippen LogP contribution >= 0.6 is 11.6 Å². The molecule has 1 amide bonds. The molecule has 6 heteroatoms. The van der Waals surface area contributed by atoms with E-state index in [0.29, 0.717) is 16.5 Å². The van der Waals surface area contributed by atoms with Crippen LogP contribution in [0.1, 0.15) is 12.0 Å². The number of rotatable bonds is 7. The Hall–Kier alpha value is -1.85. The summed E-state index contributed by atoms with van der Waals surface area (Å²) in [6.07, 6.45) is 0.199. The number of para-hydroxylation sites is 1. The number of amides is 1. The SMILES string of the molecule is COc1ccc(Cl)cc1C[S@](=O)CCC(=O)Nc1ccccc1. The van der Waals surface area contributed by atoms with Gasteiger partial charge < -0.3 is 10.1 Å². The fraction of sp³-hybridized carbons (Fsp3) is 0.235. The lowest BCUT2D eigenvalue weighted by Crippen LogP contribution is -2.15. The Bertz CT molecular complexity index is 691. The average Bonchev–Trinajstić information content (AvgIpc) is 2.54. The fourth-order valence-corrected chi connectivity index (χ4v) is 3.38. The Morgan fingerprint density at radius 1 is 1.22 bits per heavy atom. The second-order valence-corrected chi connectivity index (χ2v) is 6.92. The van der Waals surface area contributed by atoms with Gasteiger partial charge in [-0.15, -0.1) is 0 Å². The molecule has 0 radical (unpaired) electrons. The molecule has 4 nitrogen and oxygen atoms in total. The number of halogens is 1. The van der Waals surface area contributed by atoms with Gasteiger partial charge in [-0.1, -0.05) is 29.8 Å². The zero-order valence-corrected chi connectivity index (χ0v) is 14.3. The van der Waals surface area contributed by atoms with Gasteiger partial charge >= 0.3 is 0 Å². The normalized spacial score (nSPS) is 11.7. The van der Waals surface area contributed by atoms with Gasteiger partial charge in [0.15, 0.2) is 0 Å². The summed E-state index contributed by atoms with van der Waals surface area (Å²) in [6, 6.07) is 14.4. The third kappa shape index (κ3) is 5.69. The van der Waals surface area contributed by atoms with Gasteiger partial charge in [0.2, 0.25) is 5.91 Å². The van der Waals surface area contributed by atoms with Crippen LogP contribution < -0.4 is 10.1 Å². The fourth-order valence-electron chi connectivity index (χ4n) is 2.06. The lowest BCUT2D eigenvalue weighted by Gasteiger charge is -2.09. The summed E-state index contributed by atoms with van der Waals surface area (Å²) < 4.78 is 17.4. The smallest absolute Gasteiger partial charge is 0.225 e. The molecule has 0 heterocycles. The van der Waals surface area contributed by atoms with E-state index in [0.717, 1.165) is 11.3 Å². The molecule has 122 valence electrons. The highest BCUT2D eigenvalue weighted by Crippen LogP contribution is 2.24. The Morgan fingerprint density at radius 3 is 2.65 bits per heavy atom. The molecule has 23 heavy (non-hydrogen) atoms. The zero-order valence-electron chi connectivity index (χ0n) is 12.8. The number of anilines is 1. The zero-order chi connectivity index (χ0) is 16.7. The Kier molecular flexibility index (Phi) is 6.62. The van der Waals surface area contributed by atoms with Crippen molar-refractivity contribution in [1.29, 1.82) is 0 Å². The summed E-state index contributed by atoms with van der Waals surface area (Å²) in [7, 11) is 0.389. The van der Waals surface area contributed by atoms with Gasteiger partial charge in [0.1, 0.15) is 5.75 Å². The van der Waals surface area contributed by atoms with Crippen molar-refractivity contribution in [2.45, 2.75) is 12.2 Å². The Morgan fingerprint density at radius 2 is 1.96 bits per heavy atom. The first kappa shape index (κ1) is 17.5. The second kappa shape index (κ2) is 8.70. The molecular formula is C17H18ClNO3S. The lowest BCUT2D eigenvalue weighted by atomic mass is 10.2. The van der Waals surface area contributed by atoms with E-state index in [1.165, 1.54) is 0 Å². The van der Waals surface area contributed by atoms with E-state index >= 15 is 0 Å². The van der Waals surface area contributed by atoms with Gasteiger partial charge in [0, 0.05) is 39.2 Å². The largest absolute Gasteiger partial charge is 0.496 e. The standard InChI is InChI=1S/C17H18ClNO3S/c1-22-16-8-7-14(18)11-13(16)12-23(21)10-9-17(20)19-15-5-3-2-4-6-15/h2-8,11H,9-10,12H2,1H3,(H,19,20)/t23-/m1/s1. The number of carbonyl (C=O) groups excluding carboxylic acids is 1. The molecule has 2 aromatic carbocycles. The molecule has 0 unspecified atom stereocenters. The maximum atomic E-state index is 12.2. The van der Waals surface area contributed by atoms with Crippen molar-refractivity contribution in [2.75, 3.05) is 18.2 Å². The molecule has 0 aliphatic heterocycles. The van der Waals surface area contributed by atoms with E-state index in [4.69, 9.17) is 16.3 Å². The van der Waals surface area contributed by atoms with Crippen molar-refractivity contribution < 1.29 is 13.7 Å². The van der Waals surface area contributed by atoms with Gasteiger partial charge in [-0.2, -0.15) is 0 Å². The maximum Gasteiger partial charge on any atom is 0.225 e. The number of nitrogens with one attached hydrogen (secondary N) is 1. The number of carbonyl (C=O) groups is 1. The molecule has 2 aromatic rings. The summed E-state index contributed by atoms with van der Waals surface area (Å²) in [4.78, 5) is 11.9. The van der Waals surface area contributed by atoms with E-state index in [2.05, 4.69) is 5.32 Å². The molecule has 0 fully saturated rings. The molecule has 2 rings (SSSR count). The third-order valence-corrected chi connectivity index (χ3v) is 4.70. The van der Waals surface area contributed by atoms with E-state index in [9.17, 15) is 9.00 Å². The number of hydrogen-bond donors (Lipinski definition) is 1. The second-order valence-electron chi connectivity index (χ2n) is 4.91. The van der Waals surface area contributed by atoms with Crippen molar-refractivity contribution in [3.8, 4) is 5.75 Å². The minimum atomic E-state index is -1.17. The van der Waals surface area contributed by atoms with Gasteiger partial charge in [-0.25, -0.2) is 0 Å². The molecule has 0 aliphatic rings. The monoisotopic (exact) mass is 351 g/mol. The molecule has 0 saturated heterocycles. The van der Waals surface area contributed by atoms with E-state index in [1.807, 2.05) is 30.3 Å². The van der Waals surface area contributed by atoms with E-state index in [1.54, 1.807) is 25.3 Å². The highest BCUT2D eigenvalue weighted by Gasteiger charge is 2.11. The first-order valence-corrected chi connectivity index (χ1v) is 8.97. The number of hydrogen-bond acceptors (Lipinski definition) is 3. The lowest BCUT2D eigenvalue weighted by molar-refractivity contribution is -0.115. The van der Waals surface area contributed by atoms with Crippen LogP contribution in [0.5, 0.6) is 5.75 Å². The van der Waals surface area contributed by atoms with Crippen LogP contribution in [0.25, 0.3) is 0 Å². The Balaban J connectivity index is 1.85. The maximum absolute atomic E-state index is 12.2. The van der Waals surface area contributed by atoms with Crippen LogP contribution in [0.2, 0.25) is 5.02 Å². The molecule has 0 aliphatic carbocycles. The third-order valence-electron chi connectivity index (χ3n) is 3.17. The number of ether oxygens (including phenoxy) is 1. The van der Waals surface area contributed by atoms with Crippen molar-refractivity contribution in [1.82, 2.24) is 0 Å². The topological polar surface area (TPSA) is 55.4 Å². The minimum absolute atomic E-state index is 0.150. The van der Waals surface area contributed by atoms with Crippen molar-refractivity contribution in [3.05, 3.63) is 59.1 Å². The molecule has 0 aromatic heterocycles. The van der Waals surface area contributed by atoms with Crippen LogP contribution in [0.15, 0.2) is 48.5 Å². The summed E-state index contributed by atoms with van der Waals surface area (Å²) >= 11 is 5.96. The highest BCUT2D eigenvalue weighted by atomic mass is 35.5. The number of benzene rings is 2. The molecular weight excluding hydrogens is 334 g/mol. The van der Waals surface area contributed by atoms with E-state index in [-0.39, 0.29) is 18.1 Å². The predicted molar refractivity (Wildman–Crippen MR) is 94.4 cm³/mol. The van der Waals surface area contributed by atoms with E-state index < -0.39 is 10.8 Å². The van der Waals surface area contributed by atoms with Gasteiger partial charge in [-0.3, -0.25) is 9.00 Å². The summed E-state index contributed by atoms with van der Waals surface area (Å²) in [6.45, 7) is 0. The average molecular weight is 352 g/mol. The quantitative estimate of drug-likeness (QED) is 0.828. The van der Waals surface area contributed by atoms with Crippen molar-refractivity contribution in [2.24, 2.45) is 0 Å². The van der Waals surface area contributed by atoms with Gasteiger partial charge in [0.25, 0.3) is 0 Å². The number of methoxy groups -OCH3 is 1.